The molecule has 2 aliphatic rings. The number of rotatable bonds is 5. The van der Waals surface area contributed by atoms with Gasteiger partial charge in [-0.15, -0.1) is 0 Å². The van der Waals surface area contributed by atoms with Gasteiger partial charge in [-0.25, -0.2) is 0 Å². The van der Waals surface area contributed by atoms with E-state index < -0.39 is 0 Å². The Morgan fingerprint density at radius 2 is 1.77 bits per heavy atom. The van der Waals surface area contributed by atoms with Gasteiger partial charge >= 0.3 is 0 Å². The van der Waals surface area contributed by atoms with E-state index in [0.717, 1.165) is 63.5 Å². The number of nitrogens with one attached hydrogen (secondary N) is 1. The van der Waals surface area contributed by atoms with Gasteiger partial charge in [-0.2, -0.15) is 0 Å². The summed E-state index contributed by atoms with van der Waals surface area (Å²) in [5.41, 5.74) is 4.07. The lowest BCUT2D eigenvalue weighted by Crippen LogP contribution is -2.44. The summed E-state index contributed by atoms with van der Waals surface area (Å²) in [6.45, 7) is 5.59. The summed E-state index contributed by atoms with van der Waals surface area (Å²) in [6, 6.07) is 2.21. The number of ether oxygens (including phenoxy) is 2. The van der Waals surface area contributed by atoms with Gasteiger partial charge in [0.05, 0.1) is 14.2 Å². The van der Waals surface area contributed by atoms with Gasteiger partial charge in [-0.3, -0.25) is 0 Å². The van der Waals surface area contributed by atoms with Crippen molar-refractivity contribution < 1.29 is 9.47 Å². The second-order valence-corrected chi connectivity index (χ2v) is 6.28. The molecule has 1 aliphatic carbocycles. The number of methoxy groups -OCH3 is 2. The minimum absolute atomic E-state index is 1.03. The molecule has 1 heterocycles. The van der Waals surface area contributed by atoms with Crippen molar-refractivity contribution in [3.8, 4) is 11.5 Å². The minimum atomic E-state index is 1.03. The van der Waals surface area contributed by atoms with Gasteiger partial charge in [0.15, 0.2) is 0 Å². The van der Waals surface area contributed by atoms with Crippen LogP contribution >= 0.6 is 0 Å². The molecule has 122 valence electrons. The van der Waals surface area contributed by atoms with Crippen LogP contribution in [0.25, 0.3) is 0 Å². The van der Waals surface area contributed by atoms with Crippen LogP contribution in [0.4, 0.5) is 0 Å². The standard InChI is InChI=1S/C18H28N2O2/c1-21-17-13-14(7-10-20-11-8-19-9-12-20)18(22-2)16-6-4-3-5-15(16)17/h13,19H,3-12H2,1-2H3. The monoisotopic (exact) mass is 304 g/mol. The summed E-state index contributed by atoms with van der Waals surface area (Å²) in [7, 11) is 3.60. The van der Waals surface area contributed by atoms with E-state index in [0.29, 0.717) is 0 Å². The van der Waals surface area contributed by atoms with Crippen LogP contribution in [-0.4, -0.2) is 51.8 Å². The van der Waals surface area contributed by atoms with Crippen LogP contribution in [0.2, 0.25) is 0 Å². The number of hydrogen-bond acceptors (Lipinski definition) is 4. The van der Waals surface area contributed by atoms with Crippen LogP contribution in [0.15, 0.2) is 6.07 Å². The first-order chi connectivity index (χ1) is 10.8. The molecule has 0 bridgehead atoms. The maximum atomic E-state index is 5.80. The largest absolute Gasteiger partial charge is 0.496 e. The van der Waals surface area contributed by atoms with Crippen LogP contribution in [0.3, 0.4) is 0 Å². The zero-order valence-electron chi connectivity index (χ0n) is 13.9. The summed E-state index contributed by atoms with van der Waals surface area (Å²) in [5, 5.41) is 3.41. The van der Waals surface area contributed by atoms with E-state index in [1.165, 1.54) is 29.5 Å². The topological polar surface area (TPSA) is 33.7 Å². The smallest absolute Gasteiger partial charge is 0.125 e. The highest BCUT2D eigenvalue weighted by atomic mass is 16.5. The molecule has 1 aromatic carbocycles. The summed E-state index contributed by atoms with van der Waals surface area (Å²) in [5.74, 6) is 2.18. The number of fused-ring (bicyclic) bond motifs is 1. The molecule has 0 amide bonds. The Labute approximate surface area is 133 Å². The van der Waals surface area contributed by atoms with Crippen molar-refractivity contribution >= 4 is 0 Å². The Kier molecular flexibility index (Phi) is 5.21. The molecule has 0 aromatic heterocycles. The van der Waals surface area contributed by atoms with E-state index in [1.807, 2.05) is 7.11 Å². The normalized spacial score (nSPS) is 18.8. The Bertz CT molecular complexity index is 510. The predicted molar refractivity (Wildman–Crippen MR) is 89.2 cm³/mol. The first-order valence-electron chi connectivity index (χ1n) is 8.52. The van der Waals surface area contributed by atoms with Crippen molar-refractivity contribution in [2.45, 2.75) is 32.1 Å². The second kappa shape index (κ2) is 7.34. The second-order valence-electron chi connectivity index (χ2n) is 6.28. The number of benzene rings is 1. The van der Waals surface area contributed by atoms with Gasteiger partial charge in [-0.05, 0) is 43.7 Å². The third kappa shape index (κ3) is 3.23. The minimum Gasteiger partial charge on any atom is -0.496 e. The van der Waals surface area contributed by atoms with Crippen molar-refractivity contribution in [1.82, 2.24) is 10.2 Å². The highest BCUT2D eigenvalue weighted by Gasteiger charge is 2.22. The van der Waals surface area contributed by atoms with Crippen molar-refractivity contribution in [3.63, 3.8) is 0 Å². The van der Waals surface area contributed by atoms with Crippen molar-refractivity contribution in [2.24, 2.45) is 0 Å². The van der Waals surface area contributed by atoms with Gasteiger partial charge in [0, 0.05) is 43.9 Å². The van der Waals surface area contributed by atoms with Crippen LogP contribution in [-0.2, 0) is 19.3 Å². The summed E-state index contributed by atoms with van der Waals surface area (Å²) < 4.78 is 11.5. The molecule has 1 fully saturated rings. The fraction of sp³-hybridized carbons (Fsp3) is 0.667. The fourth-order valence-electron chi connectivity index (χ4n) is 3.77. The predicted octanol–water partition coefficient (Wildman–Crippen LogP) is 2.03. The third-order valence-electron chi connectivity index (χ3n) is 4.97. The van der Waals surface area contributed by atoms with Crippen LogP contribution in [0, 0.1) is 0 Å². The Morgan fingerprint density at radius 3 is 2.45 bits per heavy atom. The molecule has 3 rings (SSSR count). The first kappa shape index (κ1) is 15.6. The van der Waals surface area contributed by atoms with E-state index in [-0.39, 0.29) is 0 Å². The molecule has 4 nitrogen and oxygen atoms in total. The molecule has 4 heteroatoms. The molecule has 0 spiro atoms. The summed E-state index contributed by atoms with van der Waals surface area (Å²) in [6.07, 6.45) is 5.79. The zero-order chi connectivity index (χ0) is 15.4. The van der Waals surface area contributed by atoms with E-state index >= 15 is 0 Å². The molecule has 1 N–H and O–H groups in total. The number of nitrogens with zero attached hydrogens (tertiary/aromatic N) is 1. The van der Waals surface area contributed by atoms with Crippen LogP contribution in [0.1, 0.15) is 29.5 Å². The highest BCUT2D eigenvalue weighted by Crippen LogP contribution is 2.39. The molecule has 0 atom stereocenters. The molecule has 22 heavy (non-hydrogen) atoms. The highest BCUT2D eigenvalue weighted by molar-refractivity contribution is 5.55. The maximum absolute atomic E-state index is 5.80. The quantitative estimate of drug-likeness (QED) is 0.902. The SMILES string of the molecule is COc1cc(CCN2CCNCC2)c(OC)c2c1CCCC2. The van der Waals surface area contributed by atoms with E-state index in [2.05, 4.69) is 16.3 Å². The third-order valence-corrected chi connectivity index (χ3v) is 4.97. The Balaban J connectivity index is 1.82. The lowest BCUT2D eigenvalue weighted by molar-refractivity contribution is 0.243. The van der Waals surface area contributed by atoms with Crippen LogP contribution in [0.5, 0.6) is 11.5 Å². The van der Waals surface area contributed by atoms with E-state index in [1.54, 1.807) is 7.11 Å². The zero-order valence-corrected chi connectivity index (χ0v) is 13.9. The molecule has 1 aliphatic heterocycles. The van der Waals surface area contributed by atoms with Gasteiger partial charge in [0.25, 0.3) is 0 Å². The van der Waals surface area contributed by atoms with Crippen molar-refractivity contribution in [1.29, 1.82) is 0 Å². The molecular weight excluding hydrogens is 276 g/mol. The van der Waals surface area contributed by atoms with Crippen molar-refractivity contribution in [3.05, 3.63) is 22.8 Å². The maximum Gasteiger partial charge on any atom is 0.125 e. The summed E-state index contributed by atoms with van der Waals surface area (Å²) in [4.78, 5) is 2.53. The van der Waals surface area contributed by atoms with Crippen LogP contribution < -0.4 is 14.8 Å². The van der Waals surface area contributed by atoms with Gasteiger partial charge in [0.2, 0.25) is 0 Å². The average Bonchev–Trinajstić information content (AvgIpc) is 2.59. The van der Waals surface area contributed by atoms with E-state index in [9.17, 15) is 0 Å². The van der Waals surface area contributed by atoms with Gasteiger partial charge in [0.1, 0.15) is 11.5 Å². The molecule has 1 saturated heterocycles. The van der Waals surface area contributed by atoms with Gasteiger partial charge < -0.3 is 19.7 Å². The lowest BCUT2D eigenvalue weighted by atomic mass is 9.87. The van der Waals surface area contributed by atoms with Crippen molar-refractivity contribution in [2.75, 3.05) is 46.9 Å². The molecule has 0 radical (unpaired) electrons. The summed E-state index contributed by atoms with van der Waals surface area (Å²) >= 11 is 0. The van der Waals surface area contributed by atoms with Gasteiger partial charge in [-0.1, -0.05) is 0 Å². The number of piperazine rings is 1. The van der Waals surface area contributed by atoms with E-state index in [4.69, 9.17) is 9.47 Å². The molecule has 0 saturated carbocycles. The Hall–Kier alpha value is -1.26. The number of hydrogen-bond donors (Lipinski definition) is 1. The fourth-order valence-corrected chi connectivity index (χ4v) is 3.77. The lowest BCUT2D eigenvalue weighted by Gasteiger charge is -2.28. The first-order valence-corrected chi connectivity index (χ1v) is 8.52. The molecular formula is C18H28N2O2. The molecule has 1 aromatic rings. The Morgan fingerprint density at radius 1 is 1.05 bits per heavy atom. The molecule has 0 unspecified atom stereocenters. The average molecular weight is 304 g/mol.